The minimum atomic E-state index is -0.365. The van der Waals surface area contributed by atoms with E-state index in [2.05, 4.69) is 23.4 Å². The van der Waals surface area contributed by atoms with Crippen LogP contribution in [0.4, 0.5) is 0 Å². The van der Waals surface area contributed by atoms with Crippen molar-refractivity contribution in [1.82, 2.24) is 9.55 Å². The quantitative estimate of drug-likeness (QED) is 0.885. The van der Waals surface area contributed by atoms with Gasteiger partial charge in [0.1, 0.15) is 0 Å². The number of carbonyl (C=O) groups is 1. The molecule has 0 saturated carbocycles. The summed E-state index contributed by atoms with van der Waals surface area (Å²) >= 11 is 0. The molecule has 2 aromatic rings. The Balaban J connectivity index is 2.69. The maximum atomic E-state index is 12.0. The molecule has 0 radical (unpaired) electrons. The first-order chi connectivity index (χ1) is 10.1. The lowest BCUT2D eigenvalue weighted by atomic mass is 10.0. The van der Waals surface area contributed by atoms with Crippen LogP contribution < -0.4 is 5.73 Å². The number of amides is 1. The second kappa shape index (κ2) is 6.57. The molecule has 21 heavy (non-hydrogen) atoms. The minimum absolute atomic E-state index is 0.365. The van der Waals surface area contributed by atoms with Crippen molar-refractivity contribution in [2.24, 2.45) is 5.73 Å². The van der Waals surface area contributed by atoms with Gasteiger partial charge in [-0.15, -0.1) is 0 Å². The van der Waals surface area contributed by atoms with Gasteiger partial charge < -0.3 is 10.3 Å². The molecular weight excluding hydrogens is 262 g/mol. The zero-order valence-electron chi connectivity index (χ0n) is 13.0. The minimum Gasteiger partial charge on any atom is -0.366 e. The highest BCUT2D eigenvalue weighted by molar-refractivity contribution is 6.02. The Labute approximate surface area is 126 Å². The maximum Gasteiger partial charge on any atom is 0.251 e. The number of hydrogen-bond donors (Lipinski definition) is 1. The lowest BCUT2D eigenvalue weighted by Gasteiger charge is -2.11. The number of hydrogen-bond acceptors (Lipinski definition) is 2. The average Bonchev–Trinajstić information content (AvgIpc) is 2.78. The van der Waals surface area contributed by atoms with E-state index in [1.807, 2.05) is 19.1 Å². The molecule has 0 spiro atoms. The van der Waals surface area contributed by atoms with E-state index in [0.717, 1.165) is 42.6 Å². The van der Waals surface area contributed by atoms with Crippen LogP contribution in [0.3, 0.4) is 0 Å². The fourth-order valence-corrected chi connectivity index (χ4v) is 2.91. The van der Waals surface area contributed by atoms with Gasteiger partial charge in [-0.2, -0.15) is 0 Å². The number of pyridine rings is 1. The molecule has 0 aliphatic heterocycles. The van der Waals surface area contributed by atoms with Gasteiger partial charge in [-0.1, -0.05) is 26.3 Å². The van der Waals surface area contributed by atoms with Crippen LogP contribution in [0.1, 0.15) is 48.4 Å². The Morgan fingerprint density at radius 3 is 2.67 bits per heavy atom. The summed E-state index contributed by atoms with van der Waals surface area (Å²) in [5, 5.41) is 0. The van der Waals surface area contributed by atoms with E-state index >= 15 is 0 Å². The summed E-state index contributed by atoms with van der Waals surface area (Å²) in [7, 11) is 0. The molecule has 2 N–H and O–H groups in total. The second-order valence-corrected chi connectivity index (χ2v) is 5.25. The van der Waals surface area contributed by atoms with Gasteiger partial charge in [0.2, 0.25) is 0 Å². The molecule has 0 aliphatic carbocycles. The lowest BCUT2D eigenvalue weighted by molar-refractivity contribution is 0.1000. The van der Waals surface area contributed by atoms with Crippen LogP contribution in [0.2, 0.25) is 0 Å². The SMILES string of the molecule is CCCCn1c(C)c(C(N)=O)c(-c2cccnc2)c1CC. The molecule has 2 rings (SSSR count). The number of rotatable bonds is 6. The molecule has 0 aliphatic rings. The second-order valence-electron chi connectivity index (χ2n) is 5.25. The predicted octanol–water partition coefficient (Wildman–Crippen LogP) is 3.32. The predicted molar refractivity (Wildman–Crippen MR) is 85.2 cm³/mol. The molecule has 1 amide bonds. The van der Waals surface area contributed by atoms with Crippen molar-refractivity contribution in [2.75, 3.05) is 0 Å². The third kappa shape index (κ3) is 2.84. The Hall–Kier alpha value is -2.10. The number of carbonyl (C=O) groups excluding carboxylic acids is 1. The highest BCUT2D eigenvalue weighted by Gasteiger charge is 2.23. The molecule has 0 fully saturated rings. The topological polar surface area (TPSA) is 60.9 Å². The van der Waals surface area contributed by atoms with E-state index in [-0.39, 0.29) is 5.91 Å². The van der Waals surface area contributed by atoms with Crippen molar-refractivity contribution in [3.05, 3.63) is 41.5 Å². The summed E-state index contributed by atoms with van der Waals surface area (Å²) in [5.74, 6) is -0.365. The van der Waals surface area contributed by atoms with Crippen molar-refractivity contribution in [3.8, 4) is 11.1 Å². The Kier molecular flexibility index (Phi) is 4.78. The van der Waals surface area contributed by atoms with Gasteiger partial charge in [0.25, 0.3) is 5.91 Å². The van der Waals surface area contributed by atoms with Gasteiger partial charge in [0, 0.05) is 41.5 Å². The summed E-state index contributed by atoms with van der Waals surface area (Å²) in [6, 6.07) is 3.87. The van der Waals surface area contributed by atoms with Crippen molar-refractivity contribution in [3.63, 3.8) is 0 Å². The van der Waals surface area contributed by atoms with Crippen LogP contribution in [0.25, 0.3) is 11.1 Å². The van der Waals surface area contributed by atoms with Crippen LogP contribution >= 0.6 is 0 Å². The summed E-state index contributed by atoms with van der Waals surface area (Å²) in [5.41, 5.74) is 10.3. The van der Waals surface area contributed by atoms with Crippen LogP contribution in [0.5, 0.6) is 0 Å². The standard InChI is InChI=1S/C17H23N3O/c1-4-6-10-20-12(3)15(17(18)21)16(14(20)5-2)13-8-7-9-19-11-13/h7-9,11H,4-6,10H2,1-3H3,(H2,18,21). The van der Waals surface area contributed by atoms with E-state index in [9.17, 15) is 4.79 Å². The van der Waals surface area contributed by atoms with Gasteiger partial charge in [0.15, 0.2) is 0 Å². The number of nitrogens with two attached hydrogens (primary N) is 1. The summed E-state index contributed by atoms with van der Waals surface area (Å²) < 4.78 is 2.24. The third-order valence-corrected chi connectivity index (χ3v) is 3.90. The summed E-state index contributed by atoms with van der Waals surface area (Å²) in [6.45, 7) is 7.18. The molecule has 2 aromatic heterocycles. The largest absolute Gasteiger partial charge is 0.366 e. The lowest BCUT2D eigenvalue weighted by Crippen LogP contribution is -2.13. The molecule has 0 saturated heterocycles. The zero-order valence-corrected chi connectivity index (χ0v) is 13.0. The van der Waals surface area contributed by atoms with Gasteiger partial charge in [-0.25, -0.2) is 0 Å². The Bertz CT molecular complexity index is 629. The zero-order chi connectivity index (χ0) is 15.4. The molecule has 4 nitrogen and oxygen atoms in total. The van der Waals surface area contributed by atoms with E-state index in [1.165, 1.54) is 5.69 Å². The van der Waals surface area contributed by atoms with E-state index in [0.29, 0.717) is 5.56 Å². The van der Waals surface area contributed by atoms with E-state index in [4.69, 9.17) is 5.73 Å². The Morgan fingerprint density at radius 2 is 2.14 bits per heavy atom. The van der Waals surface area contributed by atoms with Crippen LogP contribution in [-0.2, 0) is 13.0 Å². The molecule has 0 aromatic carbocycles. The highest BCUT2D eigenvalue weighted by atomic mass is 16.1. The van der Waals surface area contributed by atoms with Crippen LogP contribution in [-0.4, -0.2) is 15.5 Å². The first-order valence-corrected chi connectivity index (χ1v) is 7.53. The summed E-state index contributed by atoms with van der Waals surface area (Å²) in [4.78, 5) is 16.1. The fraction of sp³-hybridized carbons (Fsp3) is 0.412. The van der Waals surface area contributed by atoms with Crippen molar-refractivity contribution in [2.45, 2.75) is 46.6 Å². The van der Waals surface area contributed by atoms with Crippen molar-refractivity contribution < 1.29 is 4.79 Å². The monoisotopic (exact) mass is 285 g/mol. The number of nitrogens with zero attached hydrogens (tertiary/aromatic N) is 2. The van der Waals surface area contributed by atoms with E-state index in [1.54, 1.807) is 12.4 Å². The number of primary amides is 1. The maximum absolute atomic E-state index is 12.0. The molecule has 2 heterocycles. The molecule has 0 bridgehead atoms. The van der Waals surface area contributed by atoms with E-state index < -0.39 is 0 Å². The van der Waals surface area contributed by atoms with Gasteiger partial charge in [-0.05, 0) is 25.8 Å². The van der Waals surface area contributed by atoms with Crippen molar-refractivity contribution in [1.29, 1.82) is 0 Å². The summed E-state index contributed by atoms with van der Waals surface area (Å²) in [6.07, 6.45) is 6.61. The smallest absolute Gasteiger partial charge is 0.251 e. The normalized spacial score (nSPS) is 10.8. The van der Waals surface area contributed by atoms with Crippen molar-refractivity contribution >= 4 is 5.91 Å². The molecule has 4 heteroatoms. The molecule has 112 valence electrons. The first kappa shape index (κ1) is 15.3. The first-order valence-electron chi connectivity index (χ1n) is 7.53. The van der Waals surface area contributed by atoms with Crippen LogP contribution in [0.15, 0.2) is 24.5 Å². The van der Waals surface area contributed by atoms with Gasteiger partial charge in [-0.3, -0.25) is 9.78 Å². The molecular formula is C17H23N3O. The molecule has 0 unspecified atom stereocenters. The number of aromatic nitrogens is 2. The third-order valence-electron chi connectivity index (χ3n) is 3.90. The Morgan fingerprint density at radius 1 is 1.38 bits per heavy atom. The molecule has 0 atom stereocenters. The average molecular weight is 285 g/mol. The fourth-order valence-electron chi connectivity index (χ4n) is 2.91. The van der Waals surface area contributed by atoms with Gasteiger partial charge >= 0.3 is 0 Å². The number of unbranched alkanes of at least 4 members (excludes halogenated alkanes) is 1. The van der Waals surface area contributed by atoms with Crippen LogP contribution in [0, 0.1) is 6.92 Å². The van der Waals surface area contributed by atoms with Gasteiger partial charge in [0.05, 0.1) is 5.56 Å². The highest BCUT2D eigenvalue weighted by Crippen LogP contribution is 2.33.